The highest BCUT2D eigenvalue weighted by atomic mass is 16.2. The lowest BCUT2D eigenvalue weighted by atomic mass is 10.2. The van der Waals surface area contributed by atoms with Crippen LogP contribution in [0.25, 0.3) is 0 Å². The molecule has 0 radical (unpaired) electrons. The molecule has 1 aliphatic rings. The molecule has 0 spiro atoms. The Kier molecular flexibility index (Phi) is 5.71. The van der Waals surface area contributed by atoms with Crippen molar-refractivity contribution in [3.8, 4) is 0 Å². The van der Waals surface area contributed by atoms with Gasteiger partial charge in [0.05, 0.1) is 6.20 Å². The van der Waals surface area contributed by atoms with Gasteiger partial charge in [0, 0.05) is 44.0 Å². The summed E-state index contributed by atoms with van der Waals surface area (Å²) in [5.41, 5.74) is 3.44. The summed E-state index contributed by atoms with van der Waals surface area (Å²) in [7, 11) is 1.90. The Bertz CT molecular complexity index is 697. The second-order valence-electron chi connectivity index (χ2n) is 6.69. The zero-order chi connectivity index (χ0) is 17.6. The predicted molar refractivity (Wildman–Crippen MR) is 98.1 cm³/mol. The molecular formula is C19H27N5O. The number of aryl methyl sites for hydroxylation is 1. The molecule has 6 heteroatoms. The minimum absolute atomic E-state index is 0.116. The van der Waals surface area contributed by atoms with Crippen LogP contribution in [0.1, 0.15) is 29.7 Å². The fourth-order valence-corrected chi connectivity index (χ4v) is 3.32. The van der Waals surface area contributed by atoms with E-state index in [0.29, 0.717) is 19.1 Å². The molecule has 25 heavy (non-hydrogen) atoms. The zero-order valence-corrected chi connectivity index (χ0v) is 15.0. The van der Waals surface area contributed by atoms with E-state index < -0.39 is 0 Å². The molecule has 1 aromatic carbocycles. The highest BCUT2D eigenvalue weighted by Gasteiger charge is 2.24. The standard InChI is InChI=1S/C19H27N5O/c1-15-17(12-22-23(15)2)11-20-19(25)21-13-18-9-6-10-24(18)14-16-7-4-3-5-8-16/h3-5,7-8,12,18H,6,9-11,13-14H2,1-2H3,(H2,20,21,25)/t18-/m1/s1. The Morgan fingerprint density at radius 1 is 1.28 bits per heavy atom. The lowest BCUT2D eigenvalue weighted by Crippen LogP contribution is -2.43. The average molecular weight is 341 g/mol. The average Bonchev–Trinajstić information content (AvgIpc) is 3.19. The quantitative estimate of drug-likeness (QED) is 0.847. The normalized spacial score (nSPS) is 17.6. The highest BCUT2D eigenvalue weighted by molar-refractivity contribution is 5.73. The molecule has 1 saturated heterocycles. The number of amides is 2. The molecule has 2 amide bonds. The maximum absolute atomic E-state index is 12.1. The van der Waals surface area contributed by atoms with Crippen molar-refractivity contribution in [3.63, 3.8) is 0 Å². The summed E-state index contributed by atoms with van der Waals surface area (Å²) in [5.74, 6) is 0. The monoisotopic (exact) mass is 341 g/mol. The van der Waals surface area contributed by atoms with E-state index in [9.17, 15) is 4.79 Å². The second kappa shape index (κ2) is 8.16. The van der Waals surface area contributed by atoms with Crippen molar-refractivity contribution in [2.24, 2.45) is 7.05 Å². The van der Waals surface area contributed by atoms with Crippen LogP contribution < -0.4 is 10.6 Å². The van der Waals surface area contributed by atoms with Gasteiger partial charge in [-0.25, -0.2) is 4.79 Å². The van der Waals surface area contributed by atoms with Gasteiger partial charge >= 0.3 is 6.03 Å². The first-order chi connectivity index (χ1) is 12.1. The van der Waals surface area contributed by atoms with Gasteiger partial charge in [-0.1, -0.05) is 30.3 Å². The molecule has 2 aromatic rings. The lowest BCUT2D eigenvalue weighted by molar-refractivity contribution is 0.222. The number of rotatable bonds is 6. The van der Waals surface area contributed by atoms with Crippen LogP contribution in [0, 0.1) is 6.92 Å². The molecule has 2 N–H and O–H groups in total. The second-order valence-corrected chi connectivity index (χ2v) is 6.69. The van der Waals surface area contributed by atoms with Gasteiger partial charge in [0.1, 0.15) is 0 Å². The maximum Gasteiger partial charge on any atom is 0.315 e. The van der Waals surface area contributed by atoms with Gasteiger partial charge < -0.3 is 10.6 Å². The Morgan fingerprint density at radius 2 is 2.08 bits per heavy atom. The van der Waals surface area contributed by atoms with Gasteiger partial charge in [0.25, 0.3) is 0 Å². The number of nitrogens with one attached hydrogen (secondary N) is 2. The van der Waals surface area contributed by atoms with Gasteiger partial charge in [-0.2, -0.15) is 5.10 Å². The number of aromatic nitrogens is 2. The van der Waals surface area contributed by atoms with Crippen molar-refractivity contribution in [2.75, 3.05) is 13.1 Å². The topological polar surface area (TPSA) is 62.2 Å². The number of hydrogen-bond acceptors (Lipinski definition) is 3. The number of likely N-dealkylation sites (tertiary alicyclic amines) is 1. The zero-order valence-electron chi connectivity index (χ0n) is 15.0. The van der Waals surface area contributed by atoms with Crippen LogP contribution in [-0.2, 0) is 20.1 Å². The van der Waals surface area contributed by atoms with Crippen molar-refractivity contribution < 1.29 is 4.79 Å². The smallest absolute Gasteiger partial charge is 0.315 e. The Balaban J connectivity index is 1.44. The highest BCUT2D eigenvalue weighted by Crippen LogP contribution is 2.19. The molecule has 2 heterocycles. The van der Waals surface area contributed by atoms with Crippen LogP contribution in [0.3, 0.4) is 0 Å². The summed E-state index contributed by atoms with van der Waals surface area (Å²) < 4.78 is 1.81. The summed E-state index contributed by atoms with van der Waals surface area (Å²) in [6.07, 6.45) is 4.12. The van der Waals surface area contributed by atoms with Gasteiger partial charge in [-0.15, -0.1) is 0 Å². The van der Waals surface area contributed by atoms with Gasteiger partial charge in [-0.05, 0) is 31.9 Å². The number of carbonyl (C=O) groups is 1. The summed E-state index contributed by atoms with van der Waals surface area (Å²) in [6.45, 7) is 5.23. The molecule has 1 atom stereocenters. The summed E-state index contributed by atoms with van der Waals surface area (Å²) in [4.78, 5) is 14.5. The molecular weight excluding hydrogens is 314 g/mol. The molecule has 0 saturated carbocycles. The minimum Gasteiger partial charge on any atom is -0.337 e. The van der Waals surface area contributed by atoms with Crippen molar-refractivity contribution in [2.45, 2.75) is 38.9 Å². The van der Waals surface area contributed by atoms with Gasteiger partial charge in [0.15, 0.2) is 0 Å². The van der Waals surface area contributed by atoms with E-state index in [-0.39, 0.29) is 6.03 Å². The van der Waals surface area contributed by atoms with Crippen molar-refractivity contribution in [1.82, 2.24) is 25.3 Å². The van der Waals surface area contributed by atoms with E-state index in [2.05, 4.69) is 44.9 Å². The lowest BCUT2D eigenvalue weighted by Gasteiger charge is -2.24. The van der Waals surface area contributed by atoms with Crippen molar-refractivity contribution in [1.29, 1.82) is 0 Å². The molecule has 1 aliphatic heterocycles. The van der Waals surface area contributed by atoms with E-state index in [0.717, 1.165) is 30.8 Å². The Morgan fingerprint density at radius 3 is 2.80 bits per heavy atom. The first kappa shape index (κ1) is 17.5. The van der Waals surface area contributed by atoms with E-state index in [4.69, 9.17) is 0 Å². The minimum atomic E-state index is -0.116. The molecule has 1 aromatic heterocycles. The first-order valence-corrected chi connectivity index (χ1v) is 8.90. The fraction of sp³-hybridized carbons (Fsp3) is 0.474. The Labute approximate surface area is 149 Å². The Hall–Kier alpha value is -2.34. The van der Waals surface area contributed by atoms with Crippen LogP contribution in [0.15, 0.2) is 36.5 Å². The van der Waals surface area contributed by atoms with Crippen LogP contribution in [0.2, 0.25) is 0 Å². The largest absolute Gasteiger partial charge is 0.337 e. The van der Waals surface area contributed by atoms with Gasteiger partial charge in [0.2, 0.25) is 0 Å². The van der Waals surface area contributed by atoms with Crippen LogP contribution in [0.4, 0.5) is 4.79 Å². The number of benzene rings is 1. The van der Waals surface area contributed by atoms with Crippen LogP contribution >= 0.6 is 0 Å². The van der Waals surface area contributed by atoms with E-state index in [1.807, 2.05) is 24.7 Å². The molecule has 0 aliphatic carbocycles. The molecule has 0 bridgehead atoms. The summed E-state index contributed by atoms with van der Waals surface area (Å²) in [6, 6.07) is 10.8. The molecule has 1 fully saturated rings. The number of hydrogen-bond donors (Lipinski definition) is 2. The predicted octanol–water partition coefficient (Wildman–Crippen LogP) is 2.19. The van der Waals surface area contributed by atoms with E-state index in [1.165, 1.54) is 12.0 Å². The molecule has 0 unspecified atom stereocenters. The first-order valence-electron chi connectivity index (χ1n) is 8.90. The summed E-state index contributed by atoms with van der Waals surface area (Å²) >= 11 is 0. The number of carbonyl (C=O) groups excluding carboxylic acids is 1. The molecule has 134 valence electrons. The van der Waals surface area contributed by atoms with E-state index in [1.54, 1.807) is 6.20 Å². The van der Waals surface area contributed by atoms with Gasteiger partial charge in [-0.3, -0.25) is 9.58 Å². The third-order valence-corrected chi connectivity index (χ3v) is 5.00. The summed E-state index contributed by atoms with van der Waals surface area (Å²) in [5, 5.41) is 10.1. The number of nitrogens with zero attached hydrogens (tertiary/aromatic N) is 3. The molecule has 3 rings (SSSR count). The van der Waals surface area contributed by atoms with E-state index >= 15 is 0 Å². The molecule has 6 nitrogen and oxygen atoms in total. The van der Waals surface area contributed by atoms with Crippen LogP contribution in [0.5, 0.6) is 0 Å². The maximum atomic E-state index is 12.1. The fourth-order valence-electron chi connectivity index (χ4n) is 3.32. The third-order valence-electron chi connectivity index (χ3n) is 5.00. The number of urea groups is 1. The third kappa shape index (κ3) is 4.60. The SMILES string of the molecule is Cc1c(CNC(=O)NC[C@H]2CCCN2Cc2ccccc2)cnn1C. The van der Waals surface area contributed by atoms with Crippen molar-refractivity contribution >= 4 is 6.03 Å². The van der Waals surface area contributed by atoms with Crippen molar-refractivity contribution in [3.05, 3.63) is 53.3 Å². The van der Waals surface area contributed by atoms with Crippen LogP contribution in [-0.4, -0.2) is 39.8 Å².